The first-order valence-electron chi connectivity index (χ1n) is 5.48. The van der Waals surface area contributed by atoms with Gasteiger partial charge in [0.05, 0.1) is 10.7 Å². The van der Waals surface area contributed by atoms with Gasteiger partial charge < -0.3 is 5.11 Å². The standard InChI is InChI=1S/C13H12ClFN2O/c1-8-16-6-5-11(17-8)12(18)7-9-3-2-4-10(15)13(9)14/h2-6,12,18H,7H2,1H3. The van der Waals surface area contributed by atoms with Crippen molar-refractivity contribution in [3.8, 4) is 0 Å². The van der Waals surface area contributed by atoms with E-state index in [0.717, 1.165) is 0 Å². The molecule has 1 atom stereocenters. The molecular weight excluding hydrogens is 255 g/mol. The normalized spacial score (nSPS) is 12.4. The number of hydrogen-bond acceptors (Lipinski definition) is 3. The molecule has 0 radical (unpaired) electrons. The van der Waals surface area contributed by atoms with Crippen molar-refractivity contribution in [2.24, 2.45) is 0 Å². The Morgan fingerprint density at radius 2 is 2.17 bits per heavy atom. The molecule has 2 aromatic rings. The molecule has 0 aliphatic heterocycles. The summed E-state index contributed by atoms with van der Waals surface area (Å²) in [6.45, 7) is 1.74. The summed E-state index contributed by atoms with van der Waals surface area (Å²) in [4.78, 5) is 8.08. The van der Waals surface area contributed by atoms with E-state index in [1.165, 1.54) is 6.07 Å². The zero-order chi connectivity index (χ0) is 13.1. The second-order valence-electron chi connectivity index (χ2n) is 3.96. The van der Waals surface area contributed by atoms with Gasteiger partial charge in [-0.1, -0.05) is 23.7 Å². The smallest absolute Gasteiger partial charge is 0.142 e. The van der Waals surface area contributed by atoms with Crippen molar-refractivity contribution in [3.05, 3.63) is 58.4 Å². The fraction of sp³-hybridized carbons (Fsp3) is 0.231. The molecule has 0 aliphatic rings. The van der Waals surface area contributed by atoms with Crippen LogP contribution in [0.25, 0.3) is 0 Å². The minimum Gasteiger partial charge on any atom is -0.386 e. The van der Waals surface area contributed by atoms with Gasteiger partial charge in [0.1, 0.15) is 17.7 Å². The van der Waals surface area contributed by atoms with Crippen LogP contribution >= 0.6 is 11.6 Å². The summed E-state index contributed by atoms with van der Waals surface area (Å²) in [7, 11) is 0. The number of halogens is 2. The maximum Gasteiger partial charge on any atom is 0.142 e. The summed E-state index contributed by atoms with van der Waals surface area (Å²) < 4.78 is 13.3. The monoisotopic (exact) mass is 266 g/mol. The van der Waals surface area contributed by atoms with E-state index in [-0.39, 0.29) is 11.4 Å². The van der Waals surface area contributed by atoms with Gasteiger partial charge in [-0.25, -0.2) is 14.4 Å². The van der Waals surface area contributed by atoms with Gasteiger partial charge in [-0.2, -0.15) is 0 Å². The number of aryl methyl sites for hydroxylation is 1. The van der Waals surface area contributed by atoms with E-state index in [1.807, 2.05) is 0 Å². The first-order chi connectivity index (χ1) is 8.58. The Hall–Kier alpha value is -1.52. The molecule has 0 bridgehead atoms. The van der Waals surface area contributed by atoms with Crippen molar-refractivity contribution in [1.29, 1.82) is 0 Å². The Bertz CT molecular complexity index is 562. The fourth-order valence-electron chi connectivity index (χ4n) is 1.68. The third-order valence-corrected chi connectivity index (χ3v) is 3.01. The molecule has 1 aromatic heterocycles. The van der Waals surface area contributed by atoms with Crippen LogP contribution in [0, 0.1) is 12.7 Å². The molecule has 1 heterocycles. The number of aliphatic hydroxyl groups excluding tert-OH is 1. The second kappa shape index (κ2) is 5.42. The maximum atomic E-state index is 13.3. The van der Waals surface area contributed by atoms with Gasteiger partial charge in [0, 0.05) is 12.6 Å². The first-order valence-corrected chi connectivity index (χ1v) is 5.86. The molecule has 1 aromatic carbocycles. The van der Waals surface area contributed by atoms with Crippen molar-refractivity contribution in [1.82, 2.24) is 9.97 Å². The quantitative estimate of drug-likeness (QED) is 0.929. The number of hydrogen-bond donors (Lipinski definition) is 1. The largest absolute Gasteiger partial charge is 0.386 e. The van der Waals surface area contributed by atoms with E-state index in [2.05, 4.69) is 9.97 Å². The number of benzene rings is 1. The highest BCUT2D eigenvalue weighted by Crippen LogP contribution is 2.24. The number of aromatic nitrogens is 2. The Kier molecular flexibility index (Phi) is 3.89. The van der Waals surface area contributed by atoms with Crippen molar-refractivity contribution in [3.63, 3.8) is 0 Å². The Morgan fingerprint density at radius 1 is 1.39 bits per heavy atom. The zero-order valence-corrected chi connectivity index (χ0v) is 10.5. The molecule has 1 unspecified atom stereocenters. The Labute approximate surface area is 109 Å². The lowest BCUT2D eigenvalue weighted by atomic mass is 10.1. The molecule has 3 nitrogen and oxygen atoms in total. The molecule has 0 fully saturated rings. The third-order valence-electron chi connectivity index (χ3n) is 2.58. The van der Waals surface area contributed by atoms with Gasteiger partial charge in [0.2, 0.25) is 0 Å². The lowest BCUT2D eigenvalue weighted by Crippen LogP contribution is -2.06. The summed E-state index contributed by atoms with van der Waals surface area (Å²) in [6.07, 6.45) is 0.965. The summed E-state index contributed by atoms with van der Waals surface area (Å²) in [5.74, 6) is 0.0946. The average Bonchev–Trinajstić information content (AvgIpc) is 2.35. The van der Waals surface area contributed by atoms with Crippen LogP contribution in [0.3, 0.4) is 0 Å². The number of aliphatic hydroxyl groups is 1. The molecule has 0 saturated heterocycles. The molecule has 0 spiro atoms. The van der Waals surface area contributed by atoms with E-state index >= 15 is 0 Å². The molecule has 5 heteroatoms. The topological polar surface area (TPSA) is 46.0 Å². The van der Waals surface area contributed by atoms with Gasteiger partial charge in [-0.3, -0.25) is 0 Å². The highest BCUT2D eigenvalue weighted by Gasteiger charge is 2.14. The van der Waals surface area contributed by atoms with Crippen LogP contribution in [0.15, 0.2) is 30.5 Å². The molecule has 0 aliphatic carbocycles. The Balaban J connectivity index is 2.21. The number of nitrogens with zero attached hydrogens (tertiary/aromatic N) is 2. The summed E-state index contributed by atoms with van der Waals surface area (Å²) in [5.41, 5.74) is 1.06. The van der Waals surface area contributed by atoms with E-state index in [1.54, 1.807) is 31.3 Å². The average molecular weight is 267 g/mol. The van der Waals surface area contributed by atoms with Crippen molar-refractivity contribution < 1.29 is 9.50 Å². The van der Waals surface area contributed by atoms with Crippen molar-refractivity contribution in [2.45, 2.75) is 19.4 Å². The molecular formula is C13H12ClFN2O. The van der Waals surface area contributed by atoms with E-state index in [9.17, 15) is 9.50 Å². The summed E-state index contributed by atoms with van der Waals surface area (Å²) in [5, 5.41) is 10.1. The van der Waals surface area contributed by atoms with Crippen LogP contribution in [0.4, 0.5) is 4.39 Å². The van der Waals surface area contributed by atoms with Gasteiger partial charge in [-0.15, -0.1) is 0 Å². The number of rotatable bonds is 3. The zero-order valence-electron chi connectivity index (χ0n) is 9.77. The first kappa shape index (κ1) is 12.9. The van der Waals surface area contributed by atoms with Crippen LogP contribution in [-0.4, -0.2) is 15.1 Å². The molecule has 2 rings (SSSR count). The summed E-state index contributed by atoms with van der Waals surface area (Å²) >= 11 is 5.84. The second-order valence-corrected chi connectivity index (χ2v) is 4.34. The van der Waals surface area contributed by atoms with Crippen LogP contribution in [0.1, 0.15) is 23.2 Å². The van der Waals surface area contributed by atoms with E-state index < -0.39 is 11.9 Å². The van der Waals surface area contributed by atoms with Crippen molar-refractivity contribution >= 4 is 11.6 Å². The van der Waals surface area contributed by atoms with Gasteiger partial charge in [0.25, 0.3) is 0 Å². The van der Waals surface area contributed by atoms with Crippen LogP contribution < -0.4 is 0 Å². The predicted octanol–water partition coefficient (Wildman–Crippen LogP) is 2.85. The molecule has 94 valence electrons. The van der Waals surface area contributed by atoms with E-state index in [4.69, 9.17) is 11.6 Å². The minimum atomic E-state index is -0.828. The highest BCUT2D eigenvalue weighted by atomic mass is 35.5. The SMILES string of the molecule is Cc1nccc(C(O)Cc2cccc(F)c2Cl)n1. The fourth-order valence-corrected chi connectivity index (χ4v) is 1.88. The van der Waals surface area contributed by atoms with Crippen LogP contribution in [-0.2, 0) is 6.42 Å². The van der Waals surface area contributed by atoms with Gasteiger partial charge in [0.15, 0.2) is 0 Å². The van der Waals surface area contributed by atoms with Crippen LogP contribution in [0.2, 0.25) is 5.02 Å². The summed E-state index contributed by atoms with van der Waals surface area (Å²) in [6, 6.07) is 6.16. The van der Waals surface area contributed by atoms with Crippen molar-refractivity contribution in [2.75, 3.05) is 0 Å². The lowest BCUT2D eigenvalue weighted by Gasteiger charge is -2.11. The molecule has 1 N–H and O–H groups in total. The minimum absolute atomic E-state index is 0.0438. The van der Waals surface area contributed by atoms with E-state index in [0.29, 0.717) is 17.1 Å². The maximum absolute atomic E-state index is 13.3. The molecule has 0 saturated carbocycles. The Morgan fingerprint density at radius 3 is 2.89 bits per heavy atom. The van der Waals surface area contributed by atoms with Gasteiger partial charge in [-0.05, 0) is 24.6 Å². The highest BCUT2D eigenvalue weighted by molar-refractivity contribution is 6.31. The van der Waals surface area contributed by atoms with Gasteiger partial charge >= 0.3 is 0 Å². The molecule has 0 amide bonds. The third kappa shape index (κ3) is 2.83. The molecule has 18 heavy (non-hydrogen) atoms. The predicted molar refractivity (Wildman–Crippen MR) is 66.8 cm³/mol. The lowest BCUT2D eigenvalue weighted by molar-refractivity contribution is 0.173. The van der Waals surface area contributed by atoms with Crippen LogP contribution in [0.5, 0.6) is 0 Å².